The first-order chi connectivity index (χ1) is 9.63. The van der Waals surface area contributed by atoms with E-state index in [1.54, 1.807) is 12.1 Å². The number of thioether (sulfide) groups is 2. The average Bonchev–Trinajstić information content (AvgIpc) is 2.93. The Balaban J connectivity index is 2.24. The van der Waals surface area contributed by atoms with Crippen molar-refractivity contribution >= 4 is 29.3 Å². The predicted octanol–water partition coefficient (Wildman–Crippen LogP) is 2.14. The molecule has 6 nitrogen and oxygen atoms in total. The number of ketones is 1. The Morgan fingerprint density at radius 3 is 2.90 bits per heavy atom. The first kappa shape index (κ1) is 14.6. The zero-order valence-corrected chi connectivity index (χ0v) is 12.5. The summed E-state index contributed by atoms with van der Waals surface area (Å²) >= 11 is 2.70. The molecule has 0 saturated carbocycles. The first-order valence-corrected chi connectivity index (χ1v) is 7.85. The van der Waals surface area contributed by atoms with Gasteiger partial charge >= 0.3 is 0 Å². The lowest BCUT2D eigenvalue weighted by Crippen LogP contribution is -1.93. The van der Waals surface area contributed by atoms with Crippen molar-refractivity contribution in [2.75, 3.05) is 12.0 Å². The van der Waals surface area contributed by atoms with Crippen molar-refractivity contribution in [1.82, 2.24) is 20.2 Å². The van der Waals surface area contributed by atoms with E-state index in [2.05, 4.69) is 26.2 Å². The van der Waals surface area contributed by atoms with Crippen LogP contribution in [0.3, 0.4) is 0 Å². The summed E-state index contributed by atoms with van der Waals surface area (Å²) in [7, 11) is 0. The highest BCUT2D eigenvalue weighted by Crippen LogP contribution is 2.23. The first-order valence-electron chi connectivity index (χ1n) is 5.64. The number of aromatic nitrogens is 4. The lowest BCUT2D eigenvalue weighted by molar-refractivity contribution is -0.114. The molecule has 0 bridgehead atoms. The van der Waals surface area contributed by atoms with Gasteiger partial charge in [-0.1, -0.05) is 11.8 Å². The number of rotatable bonds is 5. The third-order valence-corrected chi connectivity index (χ3v) is 4.00. The van der Waals surface area contributed by atoms with Crippen molar-refractivity contribution in [3.63, 3.8) is 0 Å². The van der Waals surface area contributed by atoms with Crippen LogP contribution < -0.4 is 0 Å². The molecule has 0 aliphatic heterocycles. The molecular weight excluding hydrogens is 294 g/mol. The number of nitrogens with zero attached hydrogens (tertiary/aromatic N) is 4. The monoisotopic (exact) mass is 305 g/mol. The van der Waals surface area contributed by atoms with Gasteiger partial charge in [0.15, 0.2) is 11.0 Å². The van der Waals surface area contributed by atoms with Crippen LogP contribution >= 0.6 is 23.5 Å². The van der Waals surface area contributed by atoms with Gasteiger partial charge in [0.1, 0.15) is 22.6 Å². The number of nitriles is 1. The summed E-state index contributed by atoms with van der Waals surface area (Å²) in [5, 5.41) is 18.1. The lowest BCUT2D eigenvalue weighted by Gasteiger charge is -2.01. The smallest absolute Gasteiger partial charge is 0.189 e. The minimum absolute atomic E-state index is 0.0779. The zero-order valence-electron chi connectivity index (χ0n) is 10.9. The van der Waals surface area contributed by atoms with Crippen LogP contribution in [0.2, 0.25) is 0 Å². The minimum Gasteiger partial charge on any atom is -0.315 e. The van der Waals surface area contributed by atoms with Crippen LogP contribution in [0.4, 0.5) is 0 Å². The van der Waals surface area contributed by atoms with Crippen LogP contribution in [0.5, 0.6) is 0 Å². The Hall–Kier alpha value is -1.85. The molecule has 0 unspecified atom stereocenters. The molecule has 8 heteroatoms. The van der Waals surface area contributed by atoms with Gasteiger partial charge in [-0.15, -0.1) is 22.0 Å². The fourth-order valence-electron chi connectivity index (χ4n) is 1.41. The number of hydrogen-bond donors (Lipinski definition) is 1. The minimum atomic E-state index is 0.0779. The summed E-state index contributed by atoms with van der Waals surface area (Å²) < 4.78 is 0. The maximum absolute atomic E-state index is 10.9. The van der Waals surface area contributed by atoms with Gasteiger partial charge in [-0.25, -0.2) is 4.98 Å². The second-order valence-electron chi connectivity index (χ2n) is 3.83. The molecule has 0 radical (unpaired) electrons. The van der Waals surface area contributed by atoms with Crippen molar-refractivity contribution in [2.45, 2.75) is 17.1 Å². The summed E-state index contributed by atoms with van der Waals surface area (Å²) in [6.45, 7) is 1.52. The number of carbonyl (C=O) groups is 1. The fraction of sp³-hybridized carbons (Fsp3) is 0.250. The molecule has 0 aliphatic rings. The normalized spacial score (nSPS) is 10.2. The molecule has 0 atom stereocenters. The molecule has 2 heterocycles. The number of H-pyrrole nitrogens is 1. The SMILES string of the molecule is CSc1nc(-c2nnc(SCC(C)=O)[nH]2)ccc1C#N. The molecule has 0 fully saturated rings. The van der Waals surface area contributed by atoms with Crippen LogP contribution in [-0.2, 0) is 4.79 Å². The third kappa shape index (κ3) is 3.37. The van der Waals surface area contributed by atoms with Gasteiger partial charge in [-0.05, 0) is 25.3 Å². The molecule has 0 aliphatic carbocycles. The van der Waals surface area contributed by atoms with E-state index in [9.17, 15) is 4.79 Å². The van der Waals surface area contributed by atoms with Crippen molar-refractivity contribution in [3.05, 3.63) is 17.7 Å². The van der Waals surface area contributed by atoms with E-state index >= 15 is 0 Å². The quantitative estimate of drug-likeness (QED) is 0.845. The number of nitrogens with one attached hydrogen (secondary N) is 1. The van der Waals surface area contributed by atoms with Crippen molar-refractivity contribution in [3.8, 4) is 17.6 Å². The molecule has 0 aromatic carbocycles. The number of aromatic amines is 1. The zero-order chi connectivity index (χ0) is 14.5. The van der Waals surface area contributed by atoms with E-state index in [0.29, 0.717) is 33.0 Å². The maximum atomic E-state index is 10.9. The number of pyridine rings is 1. The van der Waals surface area contributed by atoms with Crippen molar-refractivity contribution in [1.29, 1.82) is 5.26 Å². The maximum Gasteiger partial charge on any atom is 0.189 e. The summed E-state index contributed by atoms with van der Waals surface area (Å²) in [6, 6.07) is 5.52. The Morgan fingerprint density at radius 1 is 1.45 bits per heavy atom. The predicted molar refractivity (Wildman–Crippen MR) is 77.5 cm³/mol. The van der Waals surface area contributed by atoms with Gasteiger partial charge in [-0.3, -0.25) is 4.79 Å². The topological polar surface area (TPSA) is 95.3 Å². The van der Waals surface area contributed by atoms with Gasteiger partial charge in [0.25, 0.3) is 0 Å². The van der Waals surface area contributed by atoms with Crippen LogP contribution in [0.25, 0.3) is 11.5 Å². The summed E-state index contributed by atoms with van der Waals surface area (Å²) in [5.41, 5.74) is 1.16. The van der Waals surface area contributed by atoms with Gasteiger partial charge in [-0.2, -0.15) is 5.26 Å². The largest absolute Gasteiger partial charge is 0.315 e. The highest BCUT2D eigenvalue weighted by Gasteiger charge is 2.11. The summed E-state index contributed by atoms with van der Waals surface area (Å²) in [6.07, 6.45) is 1.86. The van der Waals surface area contributed by atoms with Gasteiger partial charge < -0.3 is 4.98 Å². The van der Waals surface area contributed by atoms with E-state index in [1.165, 1.54) is 30.4 Å². The van der Waals surface area contributed by atoms with Crippen molar-refractivity contribution < 1.29 is 4.79 Å². The molecule has 102 valence electrons. The molecule has 2 aromatic rings. The fourth-order valence-corrected chi connectivity index (χ4v) is 2.54. The van der Waals surface area contributed by atoms with E-state index in [4.69, 9.17) is 5.26 Å². The standard InChI is InChI=1S/C12H11N5OS2/c1-7(18)6-20-12-15-10(16-17-12)9-4-3-8(5-13)11(14-9)19-2/h3-4H,6H2,1-2H3,(H,15,16,17). The number of Topliss-reactive ketones (excluding diaryl/α,β-unsaturated/α-hetero) is 1. The van der Waals surface area contributed by atoms with Gasteiger partial charge in [0.05, 0.1) is 11.3 Å². The molecule has 0 spiro atoms. The van der Waals surface area contributed by atoms with Crippen LogP contribution in [-0.4, -0.2) is 38.0 Å². The number of carbonyl (C=O) groups excluding carboxylic acids is 1. The van der Waals surface area contributed by atoms with Crippen LogP contribution in [0.1, 0.15) is 12.5 Å². The summed E-state index contributed by atoms with van der Waals surface area (Å²) in [4.78, 5) is 18.3. The van der Waals surface area contributed by atoms with E-state index in [-0.39, 0.29) is 5.78 Å². The van der Waals surface area contributed by atoms with Crippen molar-refractivity contribution in [2.24, 2.45) is 0 Å². The third-order valence-electron chi connectivity index (χ3n) is 2.30. The second-order valence-corrected chi connectivity index (χ2v) is 5.59. The van der Waals surface area contributed by atoms with E-state index in [1.807, 2.05) is 6.26 Å². The molecule has 1 N–H and O–H groups in total. The Labute approximate surface area is 124 Å². The Kier molecular flexibility index (Phi) is 4.76. The van der Waals surface area contributed by atoms with Gasteiger partial charge in [0, 0.05) is 0 Å². The lowest BCUT2D eigenvalue weighted by atomic mass is 10.2. The Morgan fingerprint density at radius 2 is 2.25 bits per heavy atom. The average molecular weight is 305 g/mol. The van der Waals surface area contributed by atoms with Gasteiger partial charge in [0.2, 0.25) is 0 Å². The van der Waals surface area contributed by atoms with Crippen LogP contribution in [0.15, 0.2) is 22.3 Å². The van der Waals surface area contributed by atoms with E-state index < -0.39 is 0 Å². The highest BCUT2D eigenvalue weighted by molar-refractivity contribution is 7.99. The highest BCUT2D eigenvalue weighted by atomic mass is 32.2. The Bertz CT molecular complexity index is 677. The second kappa shape index (κ2) is 6.54. The number of hydrogen-bond acceptors (Lipinski definition) is 7. The molecule has 0 amide bonds. The molecule has 2 aromatic heterocycles. The summed E-state index contributed by atoms with van der Waals surface area (Å²) in [5.74, 6) is 0.954. The molecule has 0 saturated heterocycles. The van der Waals surface area contributed by atoms with Crippen LogP contribution in [0, 0.1) is 11.3 Å². The van der Waals surface area contributed by atoms with E-state index in [0.717, 1.165) is 0 Å². The molecular formula is C12H11N5OS2. The molecule has 20 heavy (non-hydrogen) atoms. The molecule has 2 rings (SSSR count).